The molecule has 2 aromatic rings. The van der Waals surface area contributed by atoms with E-state index in [1.165, 1.54) is 6.42 Å². The summed E-state index contributed by atoms with van der Waals surface area (Å²) >= 11 is 0. The molecule has 3 rings (SSSR count). The van der Waals surface area contributed by atoms with Gasteiger partial charge in [0.15, 0.2) is 0 Å². The van der Waals surface area contributed by atoms with E-state index in [9.17, 15) is 4.79 Å². The fourth-order valence-electron chi connectivity index (χ4n) is 3.27. The van der Waals surface area contributed by atoms with Gasteiger partial charge in [-0.05, 0) is 56.0 Å². The summed E-state index contributed by atoms with van der Waals surface area (Å²) in [7, 11) is 1.84. The van der Waals surface area contributed by atoms with E-state index in [0.717, 1.165) is 36.3 Å². The summed E-state index contributed by atoms with van der Waals surface area (Å²) in [6.45, 7) is 3.35. The molecular formula is C20H25N3O2. The van der Waals surface area contributed by atoms with Crippen molar-refractivity contribution in [3.63, 3.8) is 0 Å². The lowest BCUT2D eigenvalue weighted by Gasteiger charge is -2.27. The number of aromatic nitrogens is 1. The molecule has 0 saturated carbocycles. The number of rotatable bonds is 4. The number of anilines is 1. The van der Waals surface area contributed by atoms with Gasteiger partial charge in [-0.3, -0.25) is 4.79 Å². The monoisotopic (exact) mass is 339 g/mol. The molecule has 132 valence electrons. The Morgan fingerprint density at radius 3 is 2.88 bits per heavy atom. The largest absolute Gasteiger partial charge is 0.384 e. The van der Waals surface area contributed by atoms with Crippen LogP contribution >= 0.6 is 0 Å². The van der Waals surface area contributed by atoms with Gasteiger partial charge in [0.1, 0.15) is 5.82 Å². The maximum atomic E-state index is 12.8. The number of hydrogen-bond donors (Lipinski definition) is 1. The summed E-state index contributed by atoms with van der Waals surface area (Å²) in [6, 6.07) is 11.4. The molecule has 0 spiro atoms. The first-order valence-corrected chi connectivity index (χ1v) is 8.75. The average molecular weight is 339 g/mol. The van der Waals surface area contributed by atoms with Crippen LogP contribution in [0.1, 0.15) is 35.3 Å². The van der Waals surface area contributed by atoms with Gasteiger partial charge in [0.05, 0.1) is 6.10 Å². The highest BCUT2D eigenvalue weighted by atomic mass is 16.5. The fourth-order valence-corrected chi connectivity index (χ4v) is 3.27. The highest BCUT2D eigenvalue weighted by Crippen LogP contribution is 2.24. The van der Waals surface area contributed by atoms with E-state index in [-0.39, 0.29) is 12.0 Å². The van der Waals surface area contributed by atoms with Gasteiger partial charge in [0.2, 0.25) is 0 Å². The minimum absolute atomic E-state index is 0.0112. The van der Waals surface area contributed by atoms with Crippen molar-refractivity contribution in [1.29, 1.82) is 0 Å². The summed E-state index contributed by atoms with van der Waals surface area (Å²) in [4.78, 5) is 18.8. The molecule has 1 amide bonds. The zero-order valence-corrected chi connectivity index (χ0v) is 14.9. The van der Waals surface area contributed by atoms with Crippen LogP contribution in [0.25, 0.3) is 11.1 Å². The Hall–Kier alpha value is -2.40. The first-order valence-electron chi connectivity index (χ1n) is 8.75. The number of likely N-dealkylation sites (N-methyl/N-ethyl adjacent to an activating group) is 1. The number of amides is 1. The SMILES string of the molecule is Cc1nc(N)ccc1-c1cccc(C(=O)N(C)CC2CCCCO2)c1. The maximum Gasteiger partial charge on any atom is 0.253 e. The standard InChI is InChI=1S/C20H25N3O2/c1-14-18(9-10-19(21)22-14)15-6-5-7-16(12-15)20(24)23(2)13-17-8-3-4-11-25-17/h5-7,9-10,12,17H,3-4,8,11,13H2,1-2H3,(H2,21,22). The predicted octanol–water partition coefficient (Wildman–Crippen LogP) is 3.28. The van der Waals surface area contributed by atoms with Crippen molar-refractivity contribution < 1.29 is 9.53 Å². The van der Waals surface area contributed by atoms with Gasteiger partial charge in [-0.25, -0.2) is 4.98 Å². The Morgan fingerprint density at radius 2 is 2.16 bits per heavy atom. The fraction of sp³-hybridized carbons (Fsp3) is 0.400. The molecule has 0 bridgehead atoms. The van der Waals surface area contributed by atoms with Gasteiger partial charge >= 0.3 is 0 Å². The van der Waals surface area contributed by atoms with E-state index in [4.69, 9.17) is 10.5 Å². The quantitative estimate of drug-likeness (QED) is 0.928. The molecule has 1 aliphatic rings. The highest BCUT2D eigenvalue weighted by Gasteiger charge is 2.20. The van der Waals surface area contributed by atoms with E-state index in [1.807, 2.05) is 44.3 Å². The molecule has 2 heterocycles. The minimum Gasteiger partial charge on any atom is -0.384 e. The van der Waals surface area contributed by atoms with Crippen LogP contribution in [0, 0.1) is 6.92 Å². The van der Waals surface area contributed by atoms with E-state index in [1.54, 1.807) is 11.0 Å². The summed E-state index contributed by atoms with van der Waals surface area (Å²) in [5.74, 6) is 0.512. The normalized spacial score (nSPS) is 17.3. The van der Waals surface area contributed by atoms with Crippen LogP contribution in [0.2, 0.25) is 0 Å². The van der Waals surface area contributed by atoms with Crippen LogP contribution in [0.15, 0.2) is 36.4 Å². The Labute approximate surface area is 148 Å². The highest BCUT2D eigenvalue weighted by molar-refractivity contribution is 5.95. The maximum absolute atomic E-state index is 12.8. The number of hydrogen-bond acceptors (Lipinski definition) is 4. The second kappa shape index (κ2) is 7.66. The molecule has 1 fully saturated rings. The summed E-state index contributed by atoms with van der Waals surface area (Å²) in [5, 5.41) is 0. The Morgan fingerprint density at radius 1 is 1.32 bits per heavy atom. The smallest absolute Gasteiger partial charge is 0.253 e. The number of carbonyl (C=O) groups excluding carboxylic acids is 1. The third-order valence-electron chi connectivity index (χ3n) is 4.63. The lowest BCUT2D eigenvalue weighted by Crippen LogP contribution is -2.37. The minimum atomic E-state index is 0.0112. The zero-order valence-electron chi connectivity index (χ0n) is 14.9. The van der Waals surface area contributed by atoms with Gasteiger partial charge < -0.3 is 15.4 Å². The first-order chi connectivity index (χ1) is 12.0. The van der Waals surface area contributed by atoms with Crippen LogP contribution in [0.4, 0.5) is 5.82 Å². The van der Waals surface area contributed by atoms with Crippen molar-refractivity contribution >= 4 is 11.7 Å². The molecule has 25 heavy (non-hydrogen) atoms. The Kier molecular flexibility index (Phi) is 5.34. The van der Waals surface area contributed by atoms with Gasteiger partial charge in [0.25, 0.3) is 5.91 Å². The van der Waals surface area contributed by atoms with Crippen molar-refractivity contribution in [3.05, 3.63) is 47.7 Å². The third kappa shape index (κ3) is 4.17. The van der Waals surface area contributed by atoms with E-state index in [2.05, 4.69) is 4.98 Å². The van der Waals surface area contributed by atoms with Crippen molar-refractivity contribution in [3.8, 4) is 11.1 Å². The first kappa shape index (κ1) is 17.4. The lowest BCUT2D eigenvalue weighted by molar-refractivity contribution is -0.000186. The van der Waals surface area contributed by atoms with Crippen LogP contribution in [0.5, 0.6) is 0 Å². The number of pyridine rings is 1. The molecule has 1 aromatic heterocycles. The molecule has 5 nitrogen and oxygen atoms in total. The average Bonchev–Trinajstić information content (AvgIpc) is 2.62. The molecule has 1 atom stereocenters. The van der Waals surface area contributed by atoms with E-state index >= 15 is 0 Å². The van der Waals surface area contributed by atoms with Gasteiger partial charge in [-0.2, -0.15) is 0 Å². The number of aryl methyl sites for hydroxylation is 1. The second-order valence-electron chi connectivity index (χ2n) is 6.62. The van der Waals surface area contributed by atoms with E-state index in [0.29, 0.717) is 17.9 Å². The Balaban J connectivity index is 1.77. The third-order valence-corrected chi connectivity index (χ3v) is 4.63. The summed E-state index contributed by atoms with van der Waals surface area (Å²) in [6.07, 6.45) is 3.46. The molecule has 2 N–H and O–H groups in total. The second-order valence-corrected chi connectivity index (χ2v) is 6.62. The van der Waals surface area contributed by atoms with Crippen LogP contribution < -0.4 is 5.73 Å². The van der Waals surface area contributed by atoms with Crippen molar-refractivity contribution in [2.75, 3.05) is 25.9 Å². The van der Waals surface area contributed by atoms with Crippen LogP contribution in [0.3, 0.4) is 0 Å². The molecule has 1 aromatic carbocycles. The Bertz CT molecular complexity index is 754. The van der Waals surface area contributed by atoms with Crippen LogP contribution in [-0.4, -0.2) is 42.1 Å². The molecule has 1 aliphatic heterocycles. The molecule has 5 heteroatoms. The number of nitrogens with two attached hydrogens (primary N) is 1. The number of benzene rings is 1. The van der Waals surface area contributed by atoms with Crippen molar-refractivity contribution in [1.82, 2.24) is 9.88 Å². The van der Waals surface area contributed by atoms with Gasteiger partial charge in [-0.1, -0.05) is 12.1 Å². The number of ether oxygens (including phenoxy) is 1. The van der Waals surface area contributed by atoms with Gasteiger partial charge in [-0.15, -0.1) is 0 Å². The number of nitrogens with zero attached hydrogens (tertiary/aromatic N) is 2. The lowest BCUT2D eigenvalue weighted by atomic mass is 10.0. The topological polar surface area (TPSA) is 68.5 Å². The summed E-state index contributed by atoms with van der Waals surface area (Å²) < 4.78 is 5.74. The van der Waals surface area contributed by atoms with Crippen molar-refractivity contribution in [2.24, 2.45) is 0 Å². The molecule has 0 radical (unpaired) electrons. The molecular weight excluding hydrogens is 314 g/mol. The van der Waals surface area contributed by atoms with E-state index < -0.39 is 0 Å². The molecule has 0 aliphatic carbocycles. The molecule has 1 unspecified atom stereocenters. The van der Waals surface area contributed by atoms with Crippen molar-refractivity contribution in [2.45, 2.75) is 32.3 Å². The predicted molar refractivity (Wildman–Crippen MR) is 99.4 cm³/mol. The number of nitrogen functional groups attached to an aromatic ring is 1. The molecule has 1 saturated heterocycles. The number of carbonyl (C=O) groups is 1. The zero-order chi connectivity index (χ0) is 17.8. The van der Waals surface area contributed by atoms with Gasteiger partial charge in [0, 0.05) is 37.0 Å². The van der Waals surface area contributed by atoms with Crippen LogP contribution in [-0.2, 0) is 4.74 Å². The summed E-state index contributed by atoms with van der Waals surface area (Å²) in [5.41, 5.74) is 9.22.